The van der Waals surface area contributed by atoms with E-state index in [-0.39, 0.29) is 0 Å². The lowest BCUT2D eigenvalue weighted by Crippen LogP contribution is -2.24. The van der Waals surface area contributed by atoms with Gasteiger partial charge in [-0.25, -0.2) is 0 Å². The number of aryl methyl sites for hydroxylation is 1. The maximum Gasteiger partial charge on any atom is 0.137 e. The van der Waals surface area contributed by atoms with Crippen molar-refractivity contribution in [3.8, 4) is 0 Å². The fourth-order valence-electron chi connectivity index (χ4n) is 1.79. The lowest BCUT2D eigenvalue weighted by molar-refractivity contribution is -0.118. The number of carbonyl (C=O) groups excluding carboxylic acids is 1. The van der Waals surface area contributed by atoms with E-state index in [1.165, 1.54) is 5.56 Å². The predicted molar refractivity (Wildman–Crippen MR) is 72.3 cm³/mol. The highest BCUT2D eigenvalue weighted by molar-refractivity contribution is 5.81. The van der Waals surface area contributed by atoms with E-state index in [0.29, 0.717) is 24.7 Å². The summed E-state index contributed by atoms with van der Waals surface area (Å²) in [6, 6.07) is 8.61. The van der Waals surface area contributed by atoms with E-state index in [1.807, 2.05) is 18.2 Å². The van der Waals surface area contributed by atoms with Crippen LogP contribution in [-0.2, 0) is 11.2 Å². The molecule has 94 valence electrons. The number of benzene rings is 1. The number of carbonyl (C=O) groups is 1. The van der Waals surface area contributed by atoms with Gasteiger partial charge in [0.05, 0.1) is 0 Å². The molecule has 0 aromatic heterocycles. The molecular formula is C15H23NO. The highest BCUT2D eigenvalue weighted by Crippen LogP contribution is 2.09. The summed E-state index contributed by atoms with van der Waals surface area (Å²) in [5, 5.41) is 3.32. The van der Waals surface area contributed by atoms with E-state index in [1.54, 1.807) is 0 Å². The van der Waals surface area contributed by atoms with Gasteiger partial charge < -0.3 is 5.32 Å². The van der Waals surface area contributed by atoms with E-state index < -0.39 is 0 Å². The van der Waals surface area contributed by atoms with Crippen molar-refractivity contribution in [2.45, 2.75) is 46.1 Å². The van der Waals surface area contributed by atoms with Gasteiger partial charge in [0.1, 0.15) is 5.78 Å². The van der Waals surface area contributed by atoms with Crippen molar-refractivity contribution in [3.63, 3.8) is 0 Å². The van der Waals surface area contributed by atoms with Crippen LogP contribution in [0.2, 0.25) is 0 Å². The maximum absolute atomic E-state index is 11.8. The molecule has 0 amide bonds. The minimum atomic E-state index is 0.338. The second-order valence-corrected chi connectivity index (χ2v) is 4.85. The number of ketones is 1. The third-order valence-corrected chi connectivity index (χ3v) is 2.83. The van der Waals surface area contributed by atoms with Gasteiger partial charge >= 0.3 is 0 Å². The second-order valence-electron chi connectivity index (χ2n) is 4.85. The Hall–Kier alpha value is -1.15. The molecule has 0 aliphatic rings. The first-order valence-corrected chi connectivity index (χ1v) is 6.39. The minimum absolute atomic E-state index is 0.338. The molecule has 1 N–H and O–H groups in total. The average Bonchev–Trinajstić information content (AvgIpc) is 2.27. The lowest BCUT2D eigenvalue weighted by Gasteiger charge is -2.08. The Morgan fingerprint density at radius 1 is 1.29 bits per heavy atom. The Kier molecular flexibility index (Phi) is 5.92. The average molecular weight is 233 g/mol. The van der Waals surface area contributed by atoms with Crippen molar-refractivity contribution in [1.29, 1.82) is 0 Å². The number of nitrogens with one attached hydrogen (secondary N) is 1. The quantitative estimate of drug-likeness (QED) is 0.734. The van der Waals surface area contributed by atoms with Crippen LogP contribution in [0.5, 0.6) is 0 Å². The molecule has 1 aromatic rings. The van der Waals surface area contributed by atoms with E-state index in [4.69, 9.17) is 0 Å². The summed E-state index contributed by atoms with van der Waals surface area (Å²) in [6.45, 7) is 7.23. The van der Waals surface area contributed by atoms with Crippen LogP contribution in [0.1, 0.15) is 37.8 Å². The van der Waals surface area contributed by atoms with E-state index in [2.05, 4.69) is 32.2 Å². The molecule has 1 aromatic carbocycles. The molecule has 0 unspecified atom stereocenters. The molecule has 1 rings (SSSR count). The van der Waals surface area contributed by atoms with Gasteiger partial charge in [-0.3, -0.25) is 4.79 Å². The predicted octanol–water partition coefficient (Wildman–Crippen LogP) is 2.88. The standard InChI is InChI=1S/C15H23NO/c1-12(2)16-10-6-9-15(17)11-14-8-5-4-7-13(14)3/h4-5,7-8,12,16H,6,9-11H2,1-3H3. The van der Waals surface area contributed by atoms with Crippen molar-refractivity contribution in [3.05, 3.63) is 35.4 Å². The van der Waals surface area contributed by atoms with Gasteiger partial charge in [0.2, 0.25) is 0 Å². The van der Waals surface area contributed by atoms with Crippen LogP contribution in [0.4, 0.5) is 0 Å². The molecule has 0 bridgehead atoms. The number of hydrogen-bond donors (Lipinski definition) is 1. The fraction of sp³-hybridized carbons (Fsp3) is 0.533. The molecule has 2 heteroatoms. The third-order valence-electron chi connectivity index (χ3n) is 2.83. The van der Waals surface area contributed by atoms with Gasteiger partial charge in [-0.2, -0.15) is 0 Å². The Balaban J connectivity index is 2.28. The van der Waals surface area contributed by atoms with Gasteiger partial charge in [0.15, 0.2) is 0 Å². The molecule has 0 fully saturated rings. The van der Waals surface area contributed by atoms with Crippen molar-refractivity contribution in [1.82, 2.24) is 5.32 Å². The third kappa shape index (κ3) is 5.64. The van der Waals surface area contributed by atoms with Crippen molar-refractivity contribution in [2.24, 2.45) is 0 Å². The molecule has 0 aliphatic carbocycles. The summed E-state index contributed by atoms with van der Waals surface area (Å²) in [5.74, 6) is 0.338. The van der Waals surface area contributed by atoms with Crippen LogP contribution in [-0.4, -0.2) is 18.4 Å². The molecule has 0 saturated carbocycles. The first kappa shape index (κ1) is 13.9. The van der Waals surface area contributed by atoms with Crippen LogP contribution >= 0.6 is 0 Å². The fourth-order valence-corrected chi connectivity index (χ4v) is 1.79. The van der Waals surface area contributed by atoms with Crippen LogP contribution in [0, 0.1) is 6.92 Å². The number of hydrogen-bond acceptors (Lipinski definition) is 2. The number of rotatable bonds is 7. The molecule has 0 atom stereocenters. The zero-order valence-electron chi connectivity index (χ0n) is 11.1. The SMILES string of the molecule is Cc1ccccc1CC(=O)CCCNC(C)C. The Morgan fingerprint density at radius 3 is 2.65 bits per heavy atom. The van der Waals surface area contributed by atoms with E-state index in [0.717, 1.165) is 18.5 Å². The summed E-state index contributed by atoms with van der Waals surface area (Å²) in [7, 11) is 0. The largest absolute Gasteiger partial charge is 0.315 e. The van der Waals surface area contributed by atoms with Crippen molar-refractivity contribution < 1.29 is 4.79 Å². The van der Waals surface area contributed by atoms with Crippen LogP contribution in [0.3, 0.4) is 0 Å². The molecule has 0 radical (unpaired) electrons. The molecule has 17 heavy (non-hydrogen) atoms. The summed E-state index contributed by atoms with van der Waals surface area (Å²) >= 11 is 0. The van der Waals surface area contributed by atoms with Gasteiger partial charge in [-0.15, -0.1) is 0 Å². The molecule has 0 saturated heterocycles. The highest BCUT2D eigenvalue weighted by Gasteiger charge is 2.05. The molecule has 2 nitrogen and oxygen atoms in total. The summed E-state index contributed by atoms with van der Waals surface area (Å²) < 4.78 is 0. The van der Waals surface area contributed by atoms with Crippen LogP contribution in [0.25, 0.3) is 0 Å². The topological polar surface area (TPSA) is 29.1 Å². The van der Waals surface area contributed by atoms with Crippen LogP contribution in [0.15, 0.2) is 24.3 Å². The minimum Gasteiger partial charge on any atom is -0.315 e. The van der Waals surface area contributed by atoms with E-state index in [9.17, 15) is 4.79 Å². The number of Topliss-reactive ketones (excluding diaryl/α,β-unsaturated/α-hetero) is 1. The van der Waals surface area contributed by atoms with E-state index >= 15 is 0 Å². The second kappa shape index (κ2) is 7.23. The lowest BCUT2D eigenvalue weighted by atomic mass is 10.0. The van der Waals surface area contributed by atoms with Gasteiger partial charge in [-0.1, -0.05) is 38.1 Å². The first-order chi connectivity index (χ1) is 8.09. The zero-order chi connectivity index (χ0) is 12.7. The smallest absolute Gasteiger partial charge is 0.137 e. The van der Waals surface area contributed by atoms with Crippen molar-refractivity contribution >= 4 is 5.78 Å². The maximum atomic E-state index is 11.8. The normalized spacial score (nSPS) is 10.8. The van der Waals surface area contributed by atoms with Gasteiger partial charge in [0, 0.05) is 18.9 Å². The Bertz CT molecular complexity index is 358. The molecule has 0 spiro atoms. The monoisotopic (exact) mass is 233 g/mol. The zero-order valence-corrected chi connectivity index (χ0v) is 11.1. The van der Waals surface area contributed by atoms with Crippen LogP contribution < -0.4 is 5.32 Å². The highest BCUT2D eigenvalue weighted by atomic mass is 16.1. The molecule has 0 heterocycles. The summed E-state index contributed by atoms with van der Waals surface area (Å²) in [5.41, 5.74) is 2.37. The Labute approximate surface area is 104 Å². The van der Waals surface area contributed by atoms with Crippen molar-refractivity contribution in [2.75, 3.05) is 6.54 Å². The summed E-state index contributed by atoms with van der Waals surface area (Å²) in [4.78, 5) is 11.8. The van der Waals surface area contributed by atoms with Gasteiger partial charge in [0.25, 0.3) is 0 Å². The Morgan fingerprint density at radius 2 is 2.00 bits per heavy atom. The molecule has 0 aliphatic heterocycles. The first-order valence-electron chi connectivity index (χ1n) is 6.39. The molecular weight excluding hydrogens is 210 g/mol. The summed E-state index contributed by atoms with van der Waals surface area (Å²) in [6.07, 6.45) is 2.19. The van der Waals surface area contributed by atoms with Gasteiger partial charge in [-0.05, 0) is 31.0 Å².